The van der Waals surface area contributed by atoms with Crippen molar-refractivity contribution in [2.24, 2.45) is 5.73 Å². The molecule has 8 nitrogen and oxygen atoms in total. The van der Waals surface area contributed by atoms with Crippen molar-refractivity contribution in [1.82, 2.24) is 10.2 Å². The van der Waals surface area contributed by atoms with Crippen LogP contribution in [0.15, 0.2) is 90.3 Å². The highest BCUT2D eigenvalue weighted by molar-refractivity contribution is 6.19. The van der Waals surface area contributed by atoms with Crippen LogP contribution in [0.3, 0.4) is 0 Å². The molecule has 0 saturated heterocycles. The molecule has 6 rings (SSSR count). The number of anilines is 1. The lowest BCUT2D eigenvalue weighted by Gasteiger charge is -2.34. The van der Waals surface area contributed by atoms with Crippen LogP contribution in [0.2, 0.25) is 0 Å². The Balaban J connectivity index is 1.66. The summed E-state index contributed by atoms with van der Waals surface area (Å²) in [7, 11) is 1.22. The van der Waals surface area contributed by atoms with Gasteiger partial charge < -0.3 is 20.1 Å². The maximum Gasteiger partial charge on any atom is 0.340 e. The zero-order valence-electron chi connectivity index (χ0n) is 19.7. The molecule has 1 spiro atoms. The fourth-order valence-corrected chi connectivity index (χ4v) is 5.29. The Kier molecular flexibility index (Phi) is 5.08. The minimum atomic E-state index is -1.72. The molecular weight excluding hydrogens is 475 g/mol. The van der Waals surface area contributed by atoms with Gasteiger partial charge in [-0.05, 0) is 23.8 Å². The molecule has 0 fully saturated rings. The van der Waals surface area contributed by atoms with E-state index in [2.05, 4.69) is 10.2 Å². The second-order valence-electron chi connectivity index (χ2n) is 8.77. The number of aromatic nitrogens is 2. The van der Waals surface area contributed by atoms with Crippen molar-refractivity contribution >= 4 is 17.6 Å². The number of carbonyl (C=O) groups is 2. The number of carbonyl (C=O) groups excluding carboxylic acids is 2. The van der Waals surface area contributed by atoms with Crippen LogP contribution in [0, 0.1) is 5.82 Å². The molecule has 3 heterocycles. The molecule has 0 radical (unpaired) electrons. The van der Waals surface area contributed by atoms with Crippen LogP contribution < -0.4 is 15.4 Å². The fraction of sp³-hybridized carbons (Fsp3) is 0.107. The number of ether oxygens (including phenoxy) is 2. The van der Waals surface area contributed by atoms with Crippen LogP contribution in [0.5, 0.6) is 5.88 Å². The number of nitrogens with zero attached hydrogens (tertiary/aromatic N) is 2. The van der Waals surface area contributed by atoms with Gasteiger partial charge in [0.1, 0.15) is 16.8 Å². The highest BCUT2D eigenvalue weighted by Gasteiger charge is 2.62. The Labute approximate surface area is 211 Å². The van der Waals surface area contributed by atoms with Gasteiger partial charge in [-0.15, -0.1) is 5.10 Å². The van der Waals surface area contributed by atoms with Crippen LogP contribution in [0.25, 0.3) is 11.3 Å². The number of fused-ring (bicyclic) bond motifs is 4. The van der Waals surface area contributed by atoms with Crippen molar-refractivity contribution in [3.05, 3.63) is 113 Å². The smallest absolute Gasteiger partial charge is 0.340 e. The molecule has 9 heteroatoms. The van der Waals surface area contributed by atoms with E-state index in [9.17, 15) is 14.0 Å². The summed E-state index contributed by atoms with van der Waals surface area (Å²) in [5, 5.41) is 7.29. The number of H-pyrrole nitrogens is 1. The van der Waals surface area contributed by atoms with Crippen molar-refractivity contribution < 1.29 is 23.5 Å². The van der Waals surface area contributed by atoms with Crippen LogP contribution in [0.4, 0.5) is 10.1 Å². The SMILES string of the molecule is COC(=O)C1=C(N)Oc2n[nH]c(-c3ccccc3)c2[C@@]12C(=O)N(Cc1cccc(F)c1)c1ccccc12. The number of para-hydroxylation sites is 1. The second-order valence-corrected chi connectivity index (χ2v) is 8.77. The van der Waals surface area contributed by atoms with Gasteiger partial charge in [-0.25, -0.2) is 9.18 Å². The molecule has 4 aromatic rings. The normalized spacial score (nSPS) is 18.0. The maximum absolute atomic E-state index is 14.7. The molecule has 0 unspecified atom stereocenters. The quantitative estimate of drug-likeness (QED) is 0.416. The van der Waals surface area contributed by atoms with Crippen molar-refractivity contribution in [2.75, 3.05) is 12.0 Å². The molecule has 3 N–H and O–H groups in total. The zero-order chi connectivity index (χ0) is 25.7. The first-order valence-corrected chi connectivity index (χ1v) is 11.5. The molecule has 184 valence electrons. The monoisotopic (exact) mass is 496 g/mol. The van der Waals surface area contributed by atoms with Gasteiger partial charge in [0.25, 0.3) is 0 Å². The number of methoxy groups -OCH3 is 1. The Morgan fingerprint density at radius 1 is 1.11 bits per heavy atom. The number of benzene rings is 3. The van der Waals surface area contributed by atoms with Crippen molar-refractivity contribution in [2.45, 2.75) is 12.0 Å². The number of hydrogen-bond acceptors (Lipinski definition) is 6. The minimum absolute atomic E-state index is 0.0679. The molecule has 3 aromatic carbocycles. The molecule has 1 amide bonds. The summed E-state index contributed by atoms with van der Waals surface area (Å²) in [5.74, 6) is -1.87. The van der Waals surface area contributed by atoms with Crippen molar-refractivity contribution in [3.63, 3.8) is 0 Å². The van der Waals surface area contributed by atoms with E-state index in [-0.39, 0.29) is 23.9 Å². The van der Waals surface area contributed by atoms with E-state index < -0.39 is 23.1 Å². The summed E-state index contributed by atoms with van der Waals surface area (Å²) in [4.78, 5) is 29.5. The first-order valence-electron chi connectivity index (χ1n) is 11.5. The molecule has 0 bridgehead atoms. The van der Waals surface area contributed by atoms with Gasteiger partial charge in [0.2, 0.25) is 17.7 Å². The Bertz CT molecular complexity index is 1600. The van der Waals surface area contributed by atoms with E-state index in [0.29, 0.717) is 28.1 Å². The van der Waals surface area contributed by atoms with Gasteiger partial charge in [-0.2, -0.15) is 0 Å². The third-order valence-electron chi connectivity index (χ3n) is 6.78. The number of amides is 1. The maximum atomic E-state index is 14.7. The lowest BCUT2D eigenvalue weighted by molar-refractivity contribution is -0.138. The van der Waals surface area contributed by atoms with E-state index in [4.69, 9.17) is 15.2 Å². The van der Waals surface area contributed by atoms with Crippen LogP contribution in [-0.2, 0) is 26.3 Å². The number of hydrogen-bond donors (Lipinski definition) is 2. The van der Waals surface area contributed by atoms with Gasteiger partial charge >= 0.3 is 5.97 Å². The number of nitrogens with two attached hydrogens (primary N) is 1. The fourth-order valence-electron chi connectivity index (χ4n) is 5.29. The largest absolute Gasteiger partial charge is 0.465 e. The average molecular weight is 496 g/mol. The summed E-state index contributed by atoms with van der Waals surface area (Å²) >= 11 is 0. The van der Waals surface area contributed by atoms with Crippen LogP contribution >= 0.6 is 0 Å². The summed E-state index contributed by atoms with van der Waals surface area (Å²) in [6, 6.07) is 22.4. The van der Waals surface area contributed by atoms with E-state index in [1.807, 2.05) is 30.3 Å². The van der Waals surface area contributed by atoms with Gasteiger partial charge in [0, 0.05) is 16.8 Å². The van der Waals surface area contributed by atoms with Crippen molar-refractivity contribution in [3.8, 4) is 17.1 Å². The Hall–Kier alpha value is -4.92. The predicted molar refractivity (Wildman–Crippen MR) is 133 cm³/mol. The molecule has 0 aliphatic carbocycles. The molecular formula is C28H21FN4O4. The number of nitrogens with one attached hydrogen (secondary N) is 1. The third-order valence-corrected chi connectivity index (χ3v) is 6.78. The standard InChI is InChI=1S/C28H21FN4O4/c1-36-26(34)22-24(30)37-25-21(23(31-32-25)17-9-3-2-4-10-17)28(22)19-12-5-6-13-20(19)33(27(28)35)15-16-8-7-11-18(29)14-16/h2-14H,15,30H2,1H3,(H,31,32)/t28-/m1/s1. The number of halogens is 1. The summed E-state index contributed by atoms with van der Waals surface area (Å²) in [5.41, 5.74) is 7.68. The summed E-state index contributed by atoms with van der Waals surface area (Å²) in [6.07, 6.45) is 0. The molecule has 1 aromatic heterocycles. The van der Waals surface area contributed by atoms with Gasteiger partial charge in [-0.1, -0.05) is 60.7 Å². The van der Waals surface area contributed by atoms with Gasteiger partial charge in [0.05, 0.1) is 24.9 Å². The van der Waals surface area contributed by atoms with E-state index in [1.165, 1.54) is 24.1 Å². The van der Waals surface area contributed by atoms with E-state index in [0.717, 1.165) is 5.56 Å². The van der Waals surface area contributed by atoms with Gasteiger partial charge in [0.15, 0.2) is 0 Å². The van der Waals surface area contributed by atoms with Crippen LogP contribution in [-0.4, -0.2) is 29.2 Å². The Morgan fingerprint density at radius 2 is 1.86 bits per heavy atom. The summed E-state index contributed by atoms with van der Waals surface area (Å²) in [6.45, 7) is 0.0679. The molecule has 1 atom stereocenters. The number of aromatic amines is 1. The number of esters is 1. The van der Waals surface area contributed by atoms with E-state index >= 15 is 0 Å². The van der Waals surface area contributed by atoms with Crippen molar-refractivity contribution in [1.29, 1.82) is 0 Å². The first kappa shape index (κ1) is 22.5. The molecule has 2 aliphatic heterocycles. The lowest BCUT2D eigenvalue weighted by Crippen LogP contribution is -2.48. The topological polar surface area (TPSA) is 111 Å². The Morgan fingerprint density at radius 3 is 2.62 bits per heavy atom. The first-order chi connectivity index (χ1) is 18.0. The second kappa shape index (κ2) is 8.34. The molecule has 37 heavy (non-hydrogen) atoms. The average Bonchev–Trinajstić information content (AvgIpc) is 3.43. The molecule has 2 aliphatic rings. The number of rotatable bonds is 4. The highest BCUT2D eigenvalue weighted by atomic mass is 19.1. The van der Waals surface area contributed by atoms with E-state index in [1.54, 1.807) is 36.4 Å². The highest BCUT2D eigenvalue weighted by Crippen LogP contribution is 2.57. The lowest BCUT2D eigenvalue weighted by atomic mass is 9.68. The van der Waals surface area contributed by atoms with Gasteiger partial charge in [-0.3, -0.25) is 9.89 Å². The van der Waals surface area contributed by atoms with Crippen LogP contribution in [0.1, 0.15) is 16.7 Å². The molecule has 0 saturated carbocycles. The summed E-state index contributed by atoms with van der Waals surface area (Å²) < 4.78 is 24.9. The zero-order valence-corrected chi connectivity index (χ0v) is 19.7. The minimum Gasteiger partial charge on any atom is -0.465 e. The third kappa shape index (κ3) is 3.17. The predicted octanol–water partition coefficient (Wildman–Crippen LogP) is 3.78.